The van der Waals surface area contributed by atoms with Crippen LogP contribution < -0.4 is 16.4 Å². The fraction of sp³-hybridized carbons (Fsp3) is 0.500. The Morgan fingerprint density at radius 3 is 3.00 bits per heavy atom. The average Bonchev–Trinajstić information content (AvgIpc) is 2.31. The first kappa shape index (κ1) is 13.3. The zero-order valence-electron chi connectivity index (χ0n) is 10.4. The average molecular weight is 236 g/mol. The monoisotopic (exact) mass is 236 g/mol. The van der Waals surface area contributed by atoms with Gasteiger partial charge in [-0.1, -0.05) is 6.92 Å². The Morgan fingerprint density at radius 2 is 2.35 bits per heavy atom. The number of pyridine rings is 1. The molecule has 0 bridgehead atoms. The van der Waals surface area contributed by atoms with Gasteiger partial charge in [0.2, 0.25) is 5.91 Å². The van der Waals surface area contributed by atoms with E-state index in [1.165, 1.54) is 0 Å². The quantitative estimate of drug-likeness (QED) is 0.697. The van der Waals surface area contributed by atoms with E-state index < -0.39 is 0 Å². The van der Waals surface area contributed by atoms with Crippen molar-refractivity contribution in [3.63, 3.8) is 0 Å². The molecule has 0 spiro atoms. The number of anilines is 2. The van der Waals surface area contributed by atoms with Crippen molar-refractivity contribution in [2.24, 2.45) is 0 Å². The summed E-state index contributed by atoms with van der Waals surface area (Å²) < 4.78 is 0. The number of amides is 1. The number of carbonyl (C=O) groups excluding carboxylic acids is 1. The minimum absolute atomic E-state index is 0.0429. The van der Waals surface area contributed by atoms with Gasteiger partial charge in [0, 0.05) is 25.2 Å². The second kappa shape index (κ2) is 6.73. The molecular weight excluding hydrogens is 216 g/mol. The summed E-state index contributed by atoms with van der Waals surface area (Å²) in [4.78, 5) is 15.6. The first-order valence-electron chi connectivity index (χ1n) is 5.87. The number of nitrogens with two attached hydrogens (primary N) is 1. The number of carbonyl (C=O) groups is 1. The molecule has 1 heterocycles. The molecule has 0 saturated heterocycles. The van der Waals surface area contributed by atoms with Crippen LogP contribution in [0, 0.1) is 0 Å². The molecule has 17 heavy (non-hydrogen) atoms. The molecule has 0 aliphatic heterocycles. The zero-order valence-corrected chi connectivity index (χ0v) is 10.4. The summed E-state index contributed by atoms with van der Waals surface area (Å²) >= 11 is 0. The Labute approximate surface area is 102 Å². The van der Waals surface area contributed by atoms with Crippen molar-refractivity contribution in [2.75, 3.05) is 17.6 Å². The molecule has 0 radical (unpaired) electrons. The highest BCUT2D eigenvalue weighted by molar-refractivity contribution is 5.76. The molecule has 0 aliphatic rings. The number of nitrogens with one attached hydrogen (secondary N) is 2. The van der Waals surface area contributed by atoms with Crippen LogP contribution in [0.3, 0.4) is 0 Å². The minimum atomic E-state index is 0.0429. The second-order valence-electron chi connectivity index (χ2n) is 3.99. The summed E-state index contributed by atoms with van der Waals surface area (Å²) in [6.45, 7) is 4.56. The van der Waals surface area contributed by atoms with E-state index in [9.17, 15) is 4.79 Å². The van der Waals surface area contributed by atoms with Gasteiger partial charge in [0.05, 0.1) is 5.69 Å². The van der Waals surface area contributed by atoms with Gasteiger partial charge in [0.25, 0.3) is 0 Å². The van der Waals surface area contributed by atoms with E-state index in [0.29, 0.717) is 24.5 Å². The zero-order chi connectivity index (χ0) is 12.7. The Hall–Kier alpha value is -1.78. The van der Waals surface area contributed by atoms with E-state index >= 15 is 0 Å². The van der Waals surface area contributed by atoms with Crippen molar-refractivity contribution in [1.82, 2.24) is 10.3 Å². The van der Waals surface area contributed by atoms with Gasteiger partial charge in [0.15, 0.2) is 0 Å². The SMILES string of the molecule is CCC(C)NC(=O)CCNc1ncccc1N. The molecule has 0 aromatic carbocycles. The lowest BCUT2D eigenvalue weighted by atomic mass is 10.2. The van der Waals surface area contributed by atoms with Crippen LogP contribution in [0.2, 0.25) is 0 Å². The number of hydrogen-bond acceptors (Lipinski definition) is 4. The van der Waals surface area contributed by atoms with Crippen molar-refractivity contribution in [3.05, 3.63) is 18.3 Å². The van der Waals surface area contributed by atoms with Crippen molar-refractivity contribution >= 4 is 17.4 Å². The largest absolute Gasteiger partial charge is 0.396 e. The first-order chi connectivity index (χ1) is 8.13. The molecule has 1 aromatic heterocycles. The second-order valence-corrected chi connectivity index (χ2v) is 3.99. The summed E-state index contributed by atoms with van der Waals surface area (Å²) in [5, 5.41) is 5.94. The predicted molar refractivity (Wildman–Crippen MR) is 69.7 cm³/mol. The van der Waals surface area contributed by atoms with Crippen molar-refractivity contribution in [2.45, 2.75) is 32.7 Å². The van der Waals surface area contributed by atoms with E-state index in [-0.39, 0.29) is 11.9 Å². The maximum Gasteiger partial charge on any atom is 0.221 e. The summed E-state index contributed by atoms with van der Waals surface area (Å²) in [5.74, 6) is 0.671. The van der Waals surface area contributed by atoms with Crippen molar-refractivity contribution in [3.8, 4) is 0 Å². The molecule has 94 valence electrons. The van der Waals surface area contributed by atoms with Crippen LogP contribution in [-0.4, -0.2) is 23.5 Å². The van der Waals surface area contributed by atoms with Crippen LogP contribution in [0.4, 0.5) is 11.5 Å². The predicted octanol–water partition coefficient (Wildman–Crippen LogP) is 1.38. The molecule has 5 nitrogen and oxygen atoms in total. The molecule has 0 aliphatic carbocycles. The highest BCUT2D eigenvalue weighted by Gasteiger charge is 2.05. The van der Waals surface area contributed by atoms with E-state index in [4.69, 9.17) is 5.73 Å². The van der Waals surface area contributed by atoms with Gasteiger partial charge in [0.1, 0.15) is 5.82 Å². The van der Waals surface area contributed by atoms with E-state index in [1.54, 1.807) is 18.3 Å². The lowest BCUT2D eigenvalue weighted by Gasteiger charge is -2.12. The van der Waals surface area contributed by atoms with Crippen LogP contribution in [-0.2, 0) is 4.79 Å². The highest BCUT2D eigenvalue weighted by Crippen LogP contribution is 2.12. The van der Waals surface area contributed by atoms with Crippen LogP contribution in [0.1, 0.15) is 26.7 Å². The smallest absolute Gasteiger partial charge is 0.221 e. The molecule has 1 aromatic rings. The molecule has 4 N–H and O–H groups in total. The van der Waals surface area contributed by atoms with Gasteiger partial charge in [-0.2, -0.15) is 0 Å². The van der Waals surface area contributed by atoms with Crippen LogP contribution in [0.15, 0.2) is 18.3 Å². The number of rotatable bonds is 6. The lowest BCUT2D eigenvalue weighted by molar-refractivity contribution is -0.121. The van der Waals surface area contributed by atoms with Crippen LogP contribution in [0.25, 0.3) is 0 Å². The Balaban J connectivity index is 2.29. The van der Waals surface area contributed by atoms with Crippen LogP contribution in [0.5, 0.6) is 0 Å². The summed E-state index contributed by atoms with van der Waals surface area (Å²) in [6, 6.07) is 3.77. The molecular formula is C12H20N4O. The number of aromatic nitrogens is 1. The van der Waals surface area contributed by atoms with Gasteiger partial charge in [-0.05, 0) is 25.5 Å². The van der Waals surface area contributed by atoms with Gasteiger partial charge < -0.3 is 16.4 Å². The lowest BCUT2D eigenvalue weighted by Crippen LogP contribution is -2.33. The molecule has 5 heteroatoms. The maximum atomic E-state index is 11.5. The third-order valence-electron chi connectivity index (χ3n) is 2.50. The van der Waals surface area contributed by atoms with Gasteiger partial charge >= 0.3 is 0 Å². The van der Waals surface area contributed by atoms with E-state index in [1.807, 2.05) is 13.8 Å². The van der Waals surface area contributed by atoms with Gasteiger partial charge in [-0.3, -0.25) is 4.79 Å². The molecule has 1 rings (SSSR count). The summed E-state index contributed by atoms with van der Waals surface area (Å²) in [7, 11) is 0. The van der Waals surface area contributed by atoms with E-state index in [2.05, 4.69) is 15.6 Å². The first-order valence-corrected chi connectivity index (χ1v) is 5.87. The topological polar surface area (TPSA) is 80.0 Å². The number of hydrogen-bond donors (Lipinski definition) is 3. The van der Waals surface area contributed by atoms with Crippen molar-refractivity contribution in [1.29, 1.82) is 0 Å². The summed E-state index contributed by atoms with van der Waals surface area (Å²) in [6.07, 6.45) is 3.02. The normalized spacial score (nSPS) is 11.9. The molecule has 1 unspecified atom stereocenters. The Kier molecular flexibility index (Phi) is 5.26. The fourth-order valence-electron chi connectivity index (χ4n) is 1.31. The maximum absolute atomic E-state index is 11.5. The molecule has 0 fully saturated rings. The molecule has 1 amide bonds. The number of nitrogen functional groups attached to an aromatic ring is 1. The molecule has 1 atom stereocenters. The van der Waals surface area contributed by atoms with Gasteiger partial charge in [-0.25, -0.2) is 4.98 Å². The third kappa shape index (κ3) is 4.72. The van der Waals surface area contributed by atoms with E-state index in [0.717, 1.165) is 6.42 Å². The Bertz CT molecular complexity index is 367. The molecule has 0 saturated carbocycles. The van der Waals surface area contributed by atoms with Gasteiger partial charge in [-0.15, -0.1) is 0 Å². The van der Waals surface area contributed by atoms with Crippen molar-refractivity contribution < 1.29 is 4.79 Å². The highest BCUT2D eigenvalue weighted by atomic mass is 16.1. The standard InChI is InChI=1S/C12H20N4O/c1-3-9(2)16-11(17)6-8-15-12-10(13)5-4-7-14-12/h4-5,7,9H,3,6,8,13H2,1-2H3,(H,14,15)(H,16,17). The third-order valence-corrected chi connectivity index (χ3v) is 2.50. The minimum Gasteiger partial charge on any atom is -0.396 e. The summed E-state index contributed by atoms with van der Waals surface area (Å²) in [5.41, 5.74) is 6.31. The fourth-order valence-corrected chi connectivity index (χ4v) is 1.31. The number of nitrogens with zero attached hydrogens (tertiary/aromatic N) is 1. The van der Waals surface area contributed by atoms with Crippen LogP contribution >= 0.6 is 0 Å². The Morgan fingerprint density at radius 1 is 1.59 bits per heavy atom.